The molecule has 1 heterocycles. The quantitative estimate of drug-likeness (QED) is 0.496. The predicted molar refractivity (Wildman–Crippen MR) is 119 cm³/mol. The molecule has 0 spiro atoms. The first kappa shape index (κ1) is 22.9. The number of nitrogens with zero attached hydrogens (tertiary/aromatic N) is 1. The van der Waals surface area contributed by atoms with Gasteiger partial charge in [-0.25, -0.2) is 0 Å². The van der Waals surface area contributed by atoms with Gasteiger partial charge in [-0.3, -0.25) is 9.59 Å². The third kappa shape index (κ3) is 5.87. The van der Waals surface area contributed by atoms with E-state index >= 15 is 0 Å². The Morgan fingerprint density at radius 2 is 1.90 bits per heavy atom. The summed E-state index contributed by atoms with van der Waals surface area (Å²) >= 11 is 6.83. The number of thioether (sulfide) groups is 1. The Morgan fingerprint density at radius 1 is 1.19 bits per heavy atom. The van der Waals surface area contributed by atoms with E-state index < -0.39 is 16.0 Å². The molecule has 31 heavy (non-hydrogen) atoms. The summed E-state index contributed by atoms with van der Waals surface area (Å²) in [5.41, 5.74) is 0.565. The fourth-order valence-electron chi connectivity index (χ4n) is 2.48. The Bertz CT molecular complexity index is 1190. The minimum atomic E-state index is -4.10. The number of carbonyl (C=O) groups excluding carboxylic acids is 2. The number of hydrogen-bond acceptors (Lipinski definition) is 7. The average molecular weight is 481 g/mol. The van der Waals surface area contributed by atoms with Crippen molar-refractivity contribution < 1.29 is 26.9 Å². The second-order valence-corrected chi connectivity index (χ2v) is 9.16. The lowest BCUT2D eigenvalue weighted by Gasteiger charge is -2.13. The van der Waals surface area contributed by atoms with Gasteiger partial charge in [0.05, 0.1) is 11.5 Å². The Balaban J connectivity index is 1.86. The lowest BCUT2D eigenvalue weighted by Crippen LogP contribution is -2.23. The smallest absolute Gasteiger partial charge is 0.339 e. The number of amides is 2. The normalized spacial score (nSPS) is 15.0. The molecule has 3 rings (SSSR count). The third-order valence-electron chi connectivity index (χ3n) is 3.77. The van der Waals surface area contributed by atoms with Crippen LogP contribution < -0.4 is 14.2 Å². The summed E-state index contributed by atoms with van der Waals surface area (Å²) in [6.45, 7) is 3.33. The highest BCUT2D eigenvalue weighted by Crippen LogP contribution is 2.34. The van der Waals surface area contributed by atoms with Crippen molar-refractivity contribution in [1.29, 1.82) is 0 Å². The molecule has 8 nitrogen and oxygen atoms in total. The monoisotopic (exact) mass is 480 g/mol. The molecule has 1 N–H and O–H groups in total. The van der Waals surface area contributed by atoms with E-state index in [0.717, 1.165) is 11.8 Å². The van der Waals surface area contributed by atoms with Crippen LogP contribution in [0.15, 0.2) is 57.3 Å². The van der Waals surface area contributed by atoms with Gasteiger partial charge in [-0.1, -0.05) is 17.7 Å². The van der Waals surface area contributed by atoms with Gasteiger partial charge in [0, 0.05) is 11.9 Å². The minimum absolute atomic E-state index is 0.000429. The van der Waals surface area contributed by atoms with Gasteiger partial charge in [-0.2, -0.15) is 13.4 Å². The van der Waals surface area contributed by atoms with Gasteiger partial charge < -0.3 is 14.2 Å². The number of benzene rings is 2. The Kier molecular flexibility index (Phi) is 7.04. The van der Waals surface area contributed by atoms with Crippen molar-refractivity contribution in [3.63, 3.8) is 0 Å². The molecule has 0 aliphatic carbocycles. The second kappa shape index (κ2) is 9.54. The van der Waals surface area contributed by atoms with E-state index in [2.05, 4.69) is 10.3 Å². The maximum absolute atomic E-state index is 12.6. The van der Waals surface area contributed by atoms with Crippen LogP contribution in [0.25, 0.3) is 6.08 Å². The summed E-state index contributed by atoms with van der Waals surface area (Å²) in [4.78, 5) is 27.2. The lowest BCUT2D eigenvalue weighted by atomic mass is 10.2. The maximum Gasteiger partial charge on any atom is 0.339 e. The van der Waals surface area contributed by atoms with Gasteiger partial charge in [0.1, 0.15) is 4.90 Å². The molecule has 2 aromatic carbocycles. The molecule has 1 aliphatic rings. The molecule has 0 saturated carbocycles. The van der Waals surface area contributed by atoms with Crippen molar-refractivity contribution in [2.75, 3.05) is 6.61 Å². The number of hydrogen-bond donors (Lipinski definition) is 1. The van der Waals surface area contributed by atoms with E-state index in [1.165, 1.54) is 37.3 Å². The molecule has 2 amide bonds. The van der Waals surface area contributed by atoms with E-state index in [-0.39, 0.29) is 34.1 Å². The standard InChI is InChI=1S/C20H17ClN2O6S2/c1-3-28-17-10-13(11-18-19(25)23-20(30-18)22-12(2)24)4-9-16(17)29-31(26,27)15-7-5-14(21)6-8-15/h4-11H,3H2,1-2H3,(H,22,23,24,25)/b18-11+. The van der Waals surface area contributed by atoms with Crippen LogP contribution in [0.3, 0.4) is 0 Å². The third-order valence-corrected chi connectivity index (χ3v) is 6.17. The summed E-state index contributed by atoms with van der Waals surface area (Å²) in [6.07, 6.45) is 1.56. The van der Waals surface area contributed by atoms with Crippen LogP contribution in [0.5, 0.6) is 11.5 Å². The highest BCUT2D eigenvalue weighted by atomic mass is 35.5. The summed E-state index contributed by atoms with van der Waals surface area (Å²) in [5, 5.41) is 3.06. The molecule has 0 fully saturated rings. The van der Waals surface area contributed by atoms with Crippen LogP contribution in [-0.2, 0) is 19.7 Å². The SMILES string of the molecule is CCOc1cc(/C=C2/SC(NC(C)=O)=NC2=O)ccc1OS(=O)(=O)c1ccc(Cl)cc1. The second-order valence-electron chi connectivity index (χ2n) is 6.14. The predicted octanol–water partition coefficient (Wildman–Crippen LogP) is 3.61. The minimum Gasteiger partial charge on any atom is -0.490 e. The first-order valence-electron chi connectivity index (χ1n) is 8.95. The summed E-state index contributed by atoms with van der Waals surface area (Å²) in [6, 6.07) is 10.1. The number of halogens is 1. The van der Waals surface area contributed by atoms with Crippen molar-refractivity contribution in [3.05, 3.63) is 58.0 Å². The Hall–Kier alpha value is -2.82. The maximum atomic E-state index is 12.6. The zero-order valence-electron chi connectivity index (χ0n) is 16.4. The molecule has 0 bridgehead atoms. The molecule has 162 valence electrons. The van der Waals surface area contributed by atoms with E-state index in [9.17, 15) is 18.0 Å². The van der Waals surface area contributed by atoms with E-state index in [4.69, 9.17) is 20.5 Å². The zero-order chi connectivity index (χ0) is 22.6. The van der Waals surface area contributed by atoms with E-state index in [1.807, 2.05) is 0 Å². The van der Waals surface area contributed by atoms with Crippen molar-refractivity contribution in [2.45, 2.75) is 18.7 Å². The van der Waals surface area contributed by atoms with Crippen molar-refractivity contribution >= 4 is 56.5 Å². The van der Waals surface area contributed by atoms with Gasteiger partial charge in [0.25, 0.3) is 5.91 Å². The number of amidine groups is 1. The lowest BCUT2D eigenvalue weighted by molar-refractivity contribution is -0.117. The van der Waals surface area contributed by atoms with Crippen LogP contribution in [-0.4, -0.2) is 32.0 Å². The van der Waals surface area contributed by atoms with Crippen molar-refractivity contribution in [2.24, 2.45) is 4.99 Å². The largest absolute Gasteiger partial charge is 0.490 e. The number of ether oxygens (including phenoxy) is 1. The highest BCUT2D eigenvalue weighted by molar-refractivity contribution is 8.18. The fraction of sp³-hybridized carbons (Fsp3) is 0.150. The molecule has 0 atom stereocenters. The Labute approximate surface area is 188 Å². The Morgan fingerprint density at radius 3 is 2.55 bits per heavy atom. The number of rotatable bonds is 6. The molecule has 2 aromatic rings. The van der Waals surface area contributed by atoms with Gasteiger partial charge in [-0.15, -0.1) is 0 Å². The average Bonchev–Trinajstić information content (AvgIpc) is 3.02. The van der Waals surface area contributed by atoms with Crippen LogP contribution >= 0.6 is 23.4 Å². The van der Waals surface area contributed by atoms with Crippen LogP contribution in [0.1, 0.15) is 19.4 Å². The first-order chi connectivity index (χ1) is 14.7. The summed E-state index contributed by atoms with van der Waals surface area (Å²) in [5.74, 6) is -0.632. The van der Waals surface area contributed by atoms with Crippen molar-refractivity contribution in [3.8, 4) is 11.5 Å². The zero-order valence-corrected chi connectivity index (χ0v) is 18.8. The number of carbonyl (C=O) groups is 2. The highest BCUT2D eigenvalue weighted by Gasteiger charge is 2.23. The fourth-order valence-corrected chi connectivity index (χ4v) is 4.41. The topological polar surface area (TPSA) is 111 Å². The van der Waals surface area contributed by atoms with Gasteiger partial charge in [-0.05, 0) is 66.7 Å². The van der Waals surface area contributed by atoms with Crippen LogP contribution in [0.4, 0.5) is 0 Å². The number of nitrogens with one attached hydrogen (secondary N) is 1. The van der Waals surface area contributed by atoms with E-state index in [1.54, 1.807) is 25.1 Å². The van der Waals surface area contributed by atoms with Crippen LogP contribution in [0, 0.1) is 0 Å². The van der Waals surface area contributed by atoms with E-state index in [0.29, 0.717) is 15.5 Å². The summed E-state index contributed by atoms with van der Waals surface area (Å²) in [7, 11) is -4.10. The van der Waals surface area contributed by atoms with Gasteiger partial charge >= 0.3 is 10.1 Å². The molecular weight excluding hydrogens is 464 g/mol. The molecule has 1 aliphatic heterocycles. The summed E-state index contributed by atoms with van der Waals surface area (Å²) < 4.78 is 35.9. The molecule has 11 heteroatoms. The molecule has 0 radical (unpaired) electrons. The molecule has 0 saturated heterocycles. The van der Waals surface area contributed by atoms with Crippen LogP contribution in [0.2, 0.25) is 5.02 Å². The first-order valence-corrected chi connectivity index (χ1v) is 11.6. The number of aliphatic imine (C=N–C) groups is 1. The molecule has 0 aromatic heterocycles. The van der Waals surface area contributed by atoms with Gasteiger partial charge in [0.2, 0.25) is 5.91 Å². The van der Waals surface area contributed by atoms with Gasteiger partial charge in [0.15, 0.2) is 16.7 Å². The molecule has 0 unspecified atom stereocenters. The molecular formula is C20H17ClN2O6S2. The van der Waals surface area contributed by atoms with Crippen molar-refractivity contribution in [1.82, 2.24) is 5.32 Å².